The number of halogens is 2. The highest BCUT2D eigenvalue weighted by atomic mass is 35.6. The zero-order valence-corrected chi connectivity index (χ0v) is 9.63. The zero-order chi connectivity index (χ0) is 8.24. The minimum Gasteiger partial charge on any atom is -0.309 e. The lowest BCUT2D eigenvalue weighted by Crippen LogP contribution is -1.71. The normalized spacial score (nSPS) is 7.60. The van der Waals surface area contributed by atoms with Crippen molar-refractivity contribution in [1.82, 2.24) is 0 Å². The van der Waals surface area contributed by atoms with Crippen LogP contribution in [0.3, 0.4) is 0 Å². The van der Waals surface area contributed by atoms with Crippen molar-refractivity contribution < 1.29 is 0 Å². The molecule has 0 spiro atoms. The van der Waals surface area contributed by atoms with Crippen molar-refractivity contribution in [2.45, 2.75) is 39.0 Å². The molecule has 10 heavy (non-hydrogen) atoms. The monoisotopic (exact) mass is 193 g/mol. The Labute approximate surface area is 81.9 Å². The molecule has 0 N–H and O–H groups in total. The Kier molecular flexibility index (Phi) is 23.3. The van der Waals surface area contributed by atoms with Crippen LogP contribution < -0.4 is 0 Å². The lowest BCUT2D eigenvalue weighted by atomic mass is 10.2. The fourth-order valence-corrected chi connectivity index (χ4v) is 0.604. The molecule has 0 rings (SSSR count). The summed E-state index contributed by atoms with van der Waals surface area (Å²) in [7, 11) is 9.81. The van der Waals surface area contributed by atoms with Crippen molar-refractivity contribution in [3.63, 3.8) is 0 Å². The lowest BCUT2D eigenvalue weighted by molar-refractivity contribution is 0.673. The summed E-state index contributed by atoms with van der Waals surface area (Å²) in [4.78, 5) is 0. The molecule has 3 heteroatoms. The van der Waals surface area contributed by atoms with Gasteiger partial charge in [-0.3, -0.25) is 0 Å². The Bertz CT molecular complexity index is 38.6. The van der Waals surface area contributed by atoms with Crippen molar-refractivity contribution in [2.75, 3.05) is 0 Å². The van der Waals surface area contributed by atoms with Crippen LogP contribution in [0.2, 0.25) is 0 Å². The second-order valence-electron chi connectivity index (χ2n) is 2.02. The Morgan fingerprint density at radius 3 is 2.00 bits per heavy atom. The van der Waals surface area contributed by atoms with Crippen LogP contribution in [0, 0.1) is 6.92 Å². The number of unbranched alkanes of at least 4 members (excludes halogenated alkanes) is 4. The summed E-state index contributed by atoms with van der Waals surface area (Å²) >= 11 is -0.639. The van der Waals surface area contributed by atoms with Crippen LogP contribution in [0.25, 0.3) is 0 Å². The SMILES string of the molecule is [CH2]CCCCCC.[Cl][Mg][Cl]. The van der Waals surface area contributed by atoms with Crippen molar-refractivity contribution in [2.24, 2.45) is 0 Å². The summed E-state index contributed by atoms with van der Waals surface area (Å²) in [6.07, 6.45) is 6.52. The van der Waals surface area contributed by atoms with Gasteiger partial charge in [-0.1, -0.05) is 46.0 Å². The molecule has 0 saturated carbocycles. The molecule has 0 atom stereocenters. The van der Waals surface area contributed by atoms with Gasteiger partial charge in [0, 0.05) is 0 Å². The molecule has 0 unspecified atom stereocenters. The van der Waals surface area contributed by atoms with E-state index in [9.17, 15) is 0 Å². The molecule has 0 aliphatic heterocycles. The Morgan fingerprint density at radius 1 is 1.20 bits per heavy atom. The van der Waals surface area contributed by atoms with Crippen LogP contribution in [0.15, 0.2) is 0 Å². The second kappa shape index (κ2) is 16.7. The first-order valence-electron chi connectivity index (χ1n) is 3.74. The molecular formula is C7H15Cl2Mg. The largest absolute Gasteiger partial charge is 0.618 e. The molecular weight excluding hydrogens is 179 g/mol. The minimum atomic E-state index is -0.639. The van der Waals surface area contributed by atoms with Gasteiger partial charge in [-0.15, -0.1) is 0 Å². The van der Waals surface area contributed by atoms with E-state index >= 15 is 0 Å². The Hall–Kier alpha value is 1.35. The van der Waals surface area contributed by atoms with E-state index in [2.05, 4.69) is 13.8 Å². The van der Waals surface area contributed by atoms with Crippen molar-refractivity contribution in [1.29, 1.82) is 0 Å². The van der Waals surface area contributed by atoms with Gasteiger partial charge in [0.15, 0.2) is 0 Å². The number of hydrogen-bond donors (Lipinski definition) is 0. The molecule has 0 nitrogen and oxygen atoms in total. The molecule has 0 aliphatic rings. The third kappa shape index (κ3) is 22.8. The maximum absolute atomic E-state index is 4.90. The van der Waals surface area contributed by atoms with E-state index in [-0.39, 0.29) is 0 Å². The molecule has 0 aromatic rings. The number of rotatable bonds is 4. The van der Waals surface area contributed by atoms with E-state index in [4.69, 9.17) is 18.1 Å². The van der Waals surface area contributed by atoms with Gasteiger partial charge in [-0.25, -0.2) is 0 Å². The maximum Gasteiger partial charge on any atom is 0.618 e. The van der Waals surface area contributed by atoms with E-state index in [1.54, 1.807) is 0 Å². The van der Waals surface area contributed by atoms with Crippen LogP contribution in [-0.2, 0) is 0 Å². The van der Waals surface area contributed by atoms with Gasteiger partial charge in [0.05, 0.1) is 0 Å². The first-order valence-corrected chi connectivity index (χ1v) is 8.02. The minimum absolute atomic E-state index is 0.639. The van der Waals surface area contributed by atoms with Crippen molar-refractivity contribution in [3.8, 4) is 0 Å². The van der Waals surface area contributed by atoms with E-state index in [0.717, 1.165) is 6.42 Å². The molecule has 0 heterocycles. The average Bonchev–Trinajstić information content (AvgIpc) is 1.91. The summed E-state index contributed by atoms with van der Waals surface area (Å²) in [5.74, 6) is 0. The second-order valence-corrected chi connectivity index (χ2v) is 4.64. The van der Waals surface area contributed by atoms with Gasteiger partial charge in [0.2, 0.25) is 0 Å². The average molecular weight is 194 g/mol. The predicted octanol–water partition coefficient (Wildman–Crippen LogP) is 3.79. The van der Waals surface area contributed by atoms with Crippen LogP contribution in [0.1, 0.15) is 39.0 Å². The van der Waals surface area contributed by atoms with Crippen molar-refractivity contribution in [3.05, 3.63) is 6.92 Å². The standard InChI is InChI=1S/C7H15.2ClH.Mg/c1-3-5-7-6-4-2;;;/h1,3-7H2,2H3;2*1H;/q;;;+2/p-2. The van der Waals surface area contributed by atoms with Gasteiger partial charge in [-0.05, 0) is 0 Å². The van der Waals surface area contributed by atoms with E-state index < -0.39 is 18.2 Å². The Morgan fingerprint density at radius 2 is 1.70 bits per heavy atom. The summed E-state index contributed by atoms with van der Waals surface area (Å²) in [6.45, 7) is 5.98. The molecule has 0 saturated heterocycles. The molecule has 59 valence electrons. The smallest absolute Gasteiger partial charge is 0.309 e. The summed E-state index contributed by atoms with van der Waals surface area (Å²) < 4.78 is 0. The molecule has 0 amide bonds. The summed E-state index contributed by atoms with van der Waals surface area (Å²) in [5.41, 5.74) is 0. The quantitative estimate of drug-likeness (QED) is 0.472. The summed E-state index contributed by atoms with van der Waals surface area (Å²) in [6, 6.07) is 0. The van der Waals surface area contributed by atoms with Gasteiger partial charge in [-0.2, -0.15) is 0 Å². The Balaban J connectivity index is 0. The maximum atomic E-state index is 4.90. The van der Waals surface area contributed by atoms with Gasteiger partial charge in [0.25, 0.3) is 0 Å². The molecule has 0 aliphatic carbocycles. The van der Waals surface area contributed by atoms with E-state index in [0.29, 0.717) is 0 Å². The predicted molar refractivity (Wildman–Crippen MR) is 51.6 cm³/mol. The van der Waals surface area contributed by atoms with Crippen LogP contribution in [0.4, 0.5) is 0 Å². The van der Waals surface area contributed by atoms with Gasteiger partial charge < -0.3 is 18.1 Å². The first kappa shape index (κ1) is 13.9. The highest BCUT2D eigenvalue weighted by Crippen LogP contribution is 1.99. The van der Waals surface area contributed by atoms with Gasteiger partial charge >= 0.3 is 18.2 Å². The zero-order valence-electron chi connectivity index (χ0n) is 6.71. The third-order valence-corrected chi connectivity index (χ3v) is 1.10. The number of hydrogen-bond acceptors (Lipinski definition) is 0. The van der Waals surface area contributed by atoms with Crippen molar-refractivity contribution >= 4 is 36.3 Å². The summed E-state index contributed by atoms with van der Waals surface area (Å²) in [5, 5.41) is 0. The highest BCUT2D eigenvalue weighted by molar-refractivity contribution is 7.22. The van der Waals surface area contributed by atoms with E-state index in [1.165, 1.54) is 25.7 Å². The third-order valence-electron chi connectivity index (χ3n) is 1.10. The highest BCUT2D eigenvalue weighted by Gasteiger charge is 1.80. The molecule has 0 aromatic carbocycles. The van der Waals surface area contributed by atoms with E-state index in [1.807, 2.05) is 0 Å². The fourth-order valence-electron chi connectivity index (χ4n) is 0.604. The van der Waals surface area contributed by atoms with Crippen LogP contribution in [-0.4, -0.2) is 18.2 Å². The van der Waals surface area contributed by atoms with Gasteiger partial charge in [0.1, 0.15) is 0 Å². The molecule has 0 fully saturated rings. The molecule has 0 aromatic heterocycles. The molecule has 1 radical (unpaired) electrons. The fraction of sp³-hybridized carbons (Fsp3) is 0.857. The lowest BCUT2D eigenvalue weighted by Gasteiger charge is -1.90. The topological polar surface area (TPSA) is 0 Å². The van der Waals surface area contributed by atoms with Crippen LogP contribution >= 0.6 is 18.1 Å². The molecule has 0 bridgehead atoms. The van der Waals surface area contributed by atoms with Crippen LogP contribution in [0.5, 0.6) is 0 Å². The first-order chi connectivity index (χ1) is 4.83.